The lowest BCUT2D eigenvalue weighted by Crippen LogP contribution is -2.61. The Labute approximate surface area is 123 Å². The van der Waals surface area contributed by atoms with E-state index in [9.17, 15) is 4.39 Å². The Balaban J connectivity index is 2.39. The zero-order valence-electron chi connectivity index (χ0n) is 12.1. The van der Waals surface area contributed by atoms with Gasteiger partial charge in [-0.3, -0.25) is 0 Å². The third-order valence-corrected chi connectivity index (χ3v) is 4.45. The van der Waals surface area contributed by atoms with Crippen LogP contribution < -0.4 is 10.2 Å². The van der Waals surface area contributed by atoms with Crippen molar-refractivity contribution in [3.05, 3.63) is 28.0 Å². The van der Waals surface area contributed by atoms with Crippen molar-refractivity contribution in [3.8, 4) is 0 Å². The van der Waals surface area contributed by atoms with Crippen LogP contribution in [0.25, 0.3) is 0 Å². The lowest BCUT2D eigenvalue weighted by Gasteiger charge is -2.46. The van der Waals surface area contributed by atoms with Crippen molar-refractivity contribution in [3.63, 3.8) is 0 Å². The topological polar surface area (TPSA) is 15.3 Å². The van der Waals surface area contributed by atoms with Crippen LogP contribution in [-0.4, -0.2) is 24.7 Å². The summed E-state index contributed by atoms with van der Waals surface area (Å²) in [5.74, 6) is -0.191. The predicted molar refractivity (Wildman–Crippen MR) is 82.3 cm³/mol. The van der Waals surface area contributed by atoms with E-state index >= 15 is 0 Å². The quantitative estimate of drug-likeness (QED) is 0.886. The smallest absolute Gasteiger partial charge is 0.137 e. The third kappa shape index (κ3) is 3.11. The van der Waals surface area contributed by atoms with Gasteiger partial charge in [0, 0.05) is 30.4 Å². The molecule has 1 fully saturated rings. The van der Waals surface area contributed by atoms with Gasteiger partial charge in [0.15, 0.2) is 0 Å². The number of anilines is 1. The highest BCUT2D eigenvalue weighted by Gasteiger charge is 2.32. The molecule has 0 aliphatic carbocycles. The Bertz CT molecular complexity index is 473. The summed E-state index contributed by atoms with van der Waals surface area (Å²) in [5.41, 5.74) is 2.21. The van der Waals surface area contributed by atoms with E-state index in [1.54, 1.807) is 6.07 Å². The van der Waals surface area contributed by atoms with Gasteiger partial charge in [-0.25, -0.2) is 4.39 Å². The molecule has 0 amide bonds. The molecule has 2 rings (SSSR count). The fourth-order valence-corrected chi connectivity index (χ4v) is 3.04. The van der Waals surface area contributed by atoms with Crippen molar-refractivity contribution in [2.75, 3.05) is 18.0 Å². The number of rotatable bonds is 2. The normalized spacial score (nSPS) is 22.6. The summed E-state index contributed by atoms with van der Waals surface area (Å²) in [5, 5.41) is 3.58. The number of nitrogens with zero attached hydrogens (tertiary/aromatic N) is 1. The summed E-state index contributed by atoms with van der Waals surface area (Å²) in [6, 6.07) is 3.99. The summed E-state index contributed by atoms with van der Waals surface area (Å²) in [6.07, 6.45) is 1.08. The van der Waals surface area contributed by atoms with Gasteiger partial charge in [0.1, 0.15) is 5.82 Å². The van der Waals surface area contributed by atoms with Gasteiger partial charge in [-0.15, -0.1) is 0 Å². The maximum Gasteiger partial charge on any atom is 0.137 e. The average molecular weight is 329 g/mol. The first-order valence-electron chi connectivity index (χ1n) is 6.81. The second-order valence-corrected chi connectivity index (χ2v) is 6.86. The number of piperazine rings is 1. The average Bonchev–Trinajstić information content (AvgIpc) is 2.33. The summed E-state index contributed by atoms with van der Waals surface area (Å²) in [4.78, 5) is 2.41. The Hall–Kier alpha value is -0.610. The molecule has 1 atom stereocenters. The first kappa shape index (κ1) is 14.8. The molecule has 1 unspecified atom stereocenters. The zero-order valence-corrected chi connectivity index (χ0v) is 13.6. The van der Waals surface area contributed by atoms with Crippen molar-refractivity contribution in [2.45, 2.75) is 45.7 Å². The molecule has 19 heavy (non-hydrogen) atoms. The number of aryl methyl sites for hydroxylation is 1. The molecule has 1 aliphatic rings. The molecule has 2 nitrogen and oxygen atoms in total. The molecule has 1 heterocycles. The number of nitrogens with one attached hydrogen (secondary N) is 1. The molecule has 4 heteroatoms. The van der Waals surface area contributed by atoms with Gasteiger partial charge < -0.3 is 10.2 Å². The molecule has 0 saturated carbocycles. The van der Waals surface area contributed by atoms with Gasteiger partial charge in [-0.1, -0.05) is 6.92 Å². The van der Waals surface area contributed by atoms with Crippen LogP contribution in [-0.2, 0) is 0 Å². The van der Waals surface area contributed by atoms with Crippen LogP contribution >= 0.6 is 15.9 Å². The van der Waals surface area contributed by atoms with Crippen LogP contribution in [0.4, 0.5) is 10.1 Å². The number of hydrogen-bond acceptors (Lipinski definition) is 2. The molecule has 0 bridgehead atoms. The summed E-state index contributed by atoms with van der Waals surface area (Å²) in [6.45, 7) is 10.5. The van der Waals surface area contributed by atoms with Crippen molar-refractivity contribution in [1.29, 1.82) is 0 Å². The Morgan fingerprint density at radius 2 is 2.16 bits per heavy atom. The van der Waals surface area contributed by atoms with E-state index in [0.29, 0.717) is 10.5 Å². The number of hydrogen-bond donors (Lipinski definition) is 1. The van der Waals surface area contributed by atoms with Crippen LogP contribution in [0.5, 0.6) is 0 Å². The van der Waals surface area contributed by atoms with Crippen molar-refractivity contribution in [1.82, 2.24) is 5.32 Å². The monoisotopic (exact) mass is 328 g/mol. The van der Waals surface area contributed by atoms with Crippen LogP contribution in [0, 0.1) is 12.7 Å². The van der Waals surface area contributed by atoms with Crippen molar-refractivity contribution >= 4 is 21.6 Å². The van der Waals surface area contributed by atoms with Gasteiger partial charge in [0.25, 0.3) is 0 Å². The fourth-order valence-electron chi connectivity index (χ4n) is 2.71. The summed E-state index contributed by atoms with van der Waals surface area (Å²) >= 11 is 3.30. The maximum atomic E-state index is 13.6. The Morgan fingerprint density at radius 1 is 1.47 bits per heavy atom. The number of halogens is 2. The molecule has 0 aromatic heterocycles. The largest absolute Gasteiger partial charge is 0.365 e. The van der Waals surface area contributed by atoms with E-state index in [2.05, 4.69) is 46.9 Å². The SMILES string of the molecule is CCC1CNC(C)(C)CN1c1cc(Br)c(F)cc1C. The third-order valence-electron chi connectivity index (χ3n) is 3.84. The van der Waals surface area contributed by atoms with E-state index in [1.807, 2.05) is 13.0 Å². The molecule has 1 aromatic rings. The van der Waals surface area contributed by atoms with E-state index < -0.39 is 0 Å². The molecule has 1 N–H and O–H groups in total. The van der Waals surface area contributed by atoms with Gasteiger partial charge in [0.05, 0.1) is 4.47 Å². The molecule has 1 aliphatic heterocycles. The van der Waals surface area contributed by atoms with Gasteiger partial charge in [-0.05, 0) is 60.8 Å². The Morgan fingerprint density at radius 3 is 2.79 bits per heavy atom. The molecule has 0 spiro atoms. The van der Waals surface area contributed by atoms with E-state index in [0.717, 1.165) is 30.8 Å². The molecule has 1 aromatic carbocycles. The van der Waals surface area contributed by atoms with Crippen LogP contribution in [0.3, 0.4) is 0 Å². The molecular formula is C15H22BrFN2. The predicted octanol–water partition coefficient (Wildman–Crippen LogP) is 3.86. The minimum atomic E-state index is -0.191. The van der Waals surface area contributed by atoms with Gasteiger partial charge in [-0.2, -0.15) is 0 Å². The van der Waals surface area contributed by atoms with Crippen LogP contribution in [0.15, 0.2) is 16.6 Å². The van der Waals surface area contributed by atoms with Crippen molar-refractivity contribution < 1.29 is 4.39 Å². The second kappa shape index (κ2) is 5.41. The van der Waals surface area contributed by atoms with Gasteiger partial charge in [0.2, 0.25) is 0 Å². The summed E-state index contributed by atoms with van der Waals surface area (Å²) < 4.78 is 14.1. The van der Waals surface area contributed by atoms with E-state index in [4.69, 9.17) is 0 Å². The maximum absolute atomic E-state index is 13.6. The van der Waals surface area contributed by atoms with Gasteiger partial charge >= 0.3 is 0 Å². The molecule has 0 radical (unpaired) electrons. The first-order valence-corrected chi connectivity index (χ1v) is 7.60. The standard InChI is InChI=1S/C15H22BrFN2/c1-5-11-8-18-15(3,4)9-19(11)14-7-12(16)13(17)6-10(14)2/h6-7,11,18H,5,8-9H2,1-4H3. The lowest BCUT2D eigenvalue weighted by molar-refractivity contribution is 0.306. The minimum absolute atomic E-state index is 0.0823. The Kier molecular flexibility index (Phi) is 4.21. The highest BCUT2D eigenvalue weighted by Crippen LogP contribution is 2.31. The second-order valence-electron chi connectivity index (χ2n) is 6.01. The molecule has 106 valence electrons. The molecule has 1 saturated heterocycles. The van der Waals surface area contributed by atoms with E-state index in [1.165, 1.54) is 0 Å². The highest BCUT2D eigenvalue weighted by molar-refractivity contribution is 9.10. The first-order chi connectivity index (χ1) is 8.84. The van der Waals surface area contributed by atoms with Crippen molar-refractivity contribution in [2.24, 2.45) is 0 Å². The van der Waals surface area contributed by atoms with Crippen LogP contribution in [0.2, 0.25) is 0 Å². The minimum Gasteiger partial charge on any atom is -0.365 e. The number of benzene rings is 1. The lowest BCUT2D eigenvalue weighted by atomic mass is 9.96. The summed E-state index contributed by atoms with van der Waals surface area (Å²) in [7, 11) is 0. The highest BCUT2D eigenvalue weighted by atomic mass is 79.9. The van der Waals surface area contributed by atoms with Crippen LogP contribution in [0.1, 0.15) is 32.8 Å². The molecular weight excluding hydrogens is 307 g/mol. The fraction of sp³-hybridized carbons (Fsp3) is 0.600. The van der Waals surface area contributed by atoms with E-state index in [-0.39, 0.29) is 11.4 Å². The zero-order chi connectivity index (χ0) is 14.2.